The minimum absolute atomic E-state index is 0.00527. The zero-order chi connectivity index (χ0) is 15.9. The van der Waals surface area contributed by atoms with E-state index in [2.05, 4.69) is 0 Å². The number of halogens is 2. The van der Waals surface area contributed by atoms with E-state index in [-0.39, 0.29) is 36.3 Å². The van der Waals surface area contributed by atoms with Gasteiger partial charge in [0.2, 0.25) is 0 Å². The van der Waals surface area contributed by atoms with E-state index in [1.54, 1.807) is 0 Å². The number of ether oxygens (including phenoxy) is 3. The summed E-state index contributed by atoms with van der Waals surface area (Å²) in [5.74, 6) is -2.34. The molecule has 1 atom stereocenters. The maximum atomic E-state index is 13.4. The molecule has 2 rings (SSSR count). The lowest BCUT2D eigenvalue weighted by Gasteiger charge is -2.10. The maximum Gasteiger partial charge on any atom is 0.311 e. The molecule has 1 heterocycles. The van der Waals surface area contributed by atoms with Gasteiger partial charge in [-0.15, -0.1) is 0 Å². The molecule has 1 unspecified atom stereocenters. The van der Waals surface area contributed by atoms with Crippen LogP contribution in [0, 0.1) is 5.82 Å². The molecule has 0 spiro atoms. The first-order chi connectivity index (χ1) is 10.6. The molecule has 1 aromatic rings. The summed E-state index contributed by atoms with van der Waals surface area (Å²) in [4.78, 5) is 23.1. The Hall–Kier alpha value is -1.66. The Balaban J connectivity index is 1.71. The number of esters is 2. The molecular weight excluding hydrogens is 315 g/mol. The lowest BCUT2D eigenvalue weighted by molar-refractivity contribution is -0.149. The van der Waals surface area contributed by atoms with Crippen molar-refractivity contribution in [3.63, 3.8) is 0 Å². The molecule has 22 heavy (non-hydrogen) atoms. The van der Waals surface area contributed by atoms with Crippen molar-refractivity contribution in [3.8, 4) is 5.75 Å². The van der Waals surface area contributed by atoms with Crippen molar-refractivity contribution < 1.29 is 28.2 Å². The average Bonchev–Trinajstić information content (AvgIpc) is 3.00. The molecule has 0 aliphatic carbocycles. The second kappa shape index (κ2) is 8.10. The van der Waals surface area contributed by atoms with Crippen LogP contribution in [0.25, 0.3) is 0 Å². The monoisotopic (exact) mass is 330 g/mol. The summed E-state index contributed by atoms with van der Waals surface area (Å²) >= 11 is 5.74. The summed E-state index contributed by atoms with van der Waals surface area (Å²) in [6.07, 6.45) is 1.40. The fraction of sp³-hybridized carbons (Fsp3) is 0.467. The number of hydrogen-bond acceptors (Lipinski definition) is 5. The highest BCUT2D eigenvalue weighted by Gasteiger charge is 2.19. The summed E-state index contributed by atoms with van der Waals surface area (Å²) in [5.41, 5.74) is 0. The smallest absolute Gasteiger partial charge is 0.311 e. The van der Waals surface area contributed by atoms with E-state index in [1.807, 2.05) is 0 Å². The first kappa shape index (κ1) is 16.7. The SMILES string of the molecule is O=C(CCC(=O)Oc1c(F)cccc1Cl)OCC1CCCO1. The van der Waals surface area contributed by atoms with E-state index in [0.717, 1.165) is 18.9 Å². The summed E-state index contributed by atoms with van der Waals surface area (Å²) in [6.45, 7) is 0.866. The van der Waals surface area contributed by atoms with Crippen molar-refractivity contribution in [2.75, 3.05) is 13.2 Å². The maximum absolute atomic E-state index is 13.4. The molecule has 1 aromatic carbocycles. The van der Waals surface area contributed by atoms with E-state index < -0.39 is 17.8 Å². The second-order valence-corrected chi connectivity index (χ2v) is 5.25. The molecule has 0 N–H and O–H groups in total. The van der Waals surface area contributed by atoms with Crippen LogP contribution in [0.4, 0.5) is 4.39 Å². The van der Waals surface area contributed by atoms with Gasteiger partial charge in [0.15, 0.2) is 11.6 Å². The van der Waals surface area contributed by atoms with Gasteiger partial charge in [0.1, 0.15) is 6.61 Å². The number of para-hydroxylation sites is 1. The third-order valence-electron chi connectivity index (χ3n) is 3.12. The van der Waals surface area contributed by atoms with Crippen LogP contribution >= 0.6 is 11.6 Å². The highest BCUT2D eigenvalue weighted by atomic mass is 35.5. The number of carbonyl (C=O) groups excluding carboxylic acids is 2. The molecular formula is C15H16ClFO5. The Morgan fingerprint density at radius 3 is 2.77 bits per heavy atom. The van der Waals surface area contributed by atoms with E-state index >= 15 is 0 Å². The summed E-state index contributed by atoms with van der Waals surface area (Å²) < 4.78 is 28.6. The largest absolute Gasteiger partial charge is 0.463 e. The molecule has 1 aliphatic heterocycles. The molecule has 5 nitrogen and oxygen atoms in total. The minimum atomic E-state index is -0.749. The summed E-state index contributed by atoms with van der Waals surface area (Å²) in [7, 11) is 0. The van der Waals surface area contributed by atoms with E-state index in [9.17, 15) is 14.0 Å². The molecule has 7 heteroatoms. The fourth-order valence-electron chi connectivity index (χ4n) is 1.98. The lowest BCUT2D eigenvalue weighted by atomic mass is 10.2. The van der Waals surface area contributed by atoms with Gasteiger partial charge in [-0.05, 0) is 25.0 Å². The zero-order valence-electron chi connectivity index (χ0n) is 11.8. The quantitative estimate of drug-likeness (QED) is 0.593. The highest BCUT2D eigenvalue weighted by Crippen LogP contribution is 2.27. The molecule has 1 fully saturated rings. The van der Waals surface area contributed by atoms with Crippen LogP contribution in [0.3, 0.4) is 0 Å². The van der Waals surface area contributed by atoms with Crippen molar-refractivity contribution in [1.82, 2.24) is 0 Å². The van der Waals surface area contributed by atoms with Crippen LogP contribution in [0.1, 0.15) is 25.7 Å². The van der Waals surface area contributed by atoms with Crippen molar-refractivity contribution in [3.05, 3.63) is 29.0 Å². The number of rotatable bonds is 6. The Bertz CT molecular complexity index is 522. The minimum Gasteiger partial charge on any atom is -0.463 e. The van der Waals surface area contributed by atoms with E-state index in [0.29, 0.717) is 6.61 Å². The zero-order valence-corrected chi connectivity index (χ0v) is 12.6. The van der Waals surface area contributed by atoms with E-state index in [4.69, 9.17) is 25.8 Å². The van der Waals surface area contributed by atoms with Crippen LogP contribution in [0.2, 0.25) is 5.02 Å². The van der Waals surface area contributed by atoms with Gasteiger partial charge >= 0.3 is 11.9 Å². The van der Waals surface area contributed by atoms with Gasteiger partial charge < -0.3 is 14.2 Å². The second-order valence-electron chi connectivity index (χ2n) is 4.84. The molecule has 1 saturated heterocycles. The average molecular weight is 331 g/mol. The van der Waals surface area contributed by atoms with Crippen molar-refractivity contribution in [2.24, 2.45) is 0 Å². The lowest BCUT2D eigenvalue weighted by Crippen LogP contribution is -2.19. The molecule has 0 bridgehead atoms. The third kappa shape index (κ3) is 4.96. The van der Waals surface area contributed by atoms with Gasteiger partial charge in [0.25, 0.3) is 0 Å². The Morgan fingerprint density at radius 1 is 1.32 bits per heavy atom. The molecule has 0 amide bonds. The Morgan fingerprint density at radius 2 is 2.09 bits per heavy atom. The predicted molar refractivity (Wildman–Crippen MR) is 76.2 cm³/mol. The number of carbonyl (C=O) groups is 2. The topological polar surface area (TPSA) is 61.8 Å². The summed E-state index contributed by atoms with van der Waals surface area (Å²) in [6, 6.07) is 3.94. The highest BCUT2D eigenvalue weighted by molar-refractivity contribution is 6.32. The van der Waals surface area contributed by atoms with Gasteiger partial charge in [-0.3, -0.25) is 9.59 Å². The van der Waals surface area contributed by atoms with Crippen LogP contribution in [-0.4, -0.2) is 31.3 Å². The Kier molecular flexibility index (Phi) is 6.15. The predicted octanol–water partition coefficient (Wildman–Crippen LogP) is 2.89. The molecule has 0 radical (unpaired) electrons. The van der Waals surface area contributed by atoms with Crippen molar-refractivity contribution >= 4 is 23.5 Å². The van der Waals surface area contributed by atoms with Gasteiger partial charge in [0, 0.05) is 6.61 Å². The van der Waals surface area contributed by atoms with Crippen LogP contribution in [0.15, 0.2) is 18.2 Å². The molecule has 120 valence electrons. The van der Waals surface area contributed by atoms with E-state index in [1.165, 1.54) is 12.1 Å². The van der Waals surface area contributed by atoms with Crippen LogP contribution < -0.4 is 4.74 Å². The summed E-state index contributed by atoms with van der Waals surface area (Å²) in [5, 5.41) is -0.00527. The first-order valence-electron chi connectivity index (χ1n) is 6.98. The number of hydrogen-bond donors (Lipinski definition) is 0. The van der Waals surface area contributed by atoms with Gasteiger partial charge in [-0.25, -0.2) is 4.39 Å². The van der Waals surface area contributed by atoms with Crippen molar-refractivity contribution in [2.45, 2.75) is 31.8 Å². The van der Waals surface area contributed by atoms with Crippen LogP contribution in [-0.2, 0) is 19.1 Å². The van der Waals surface area contributed by atoms with Gasteiger partial charge in [0.05, 0.1) is 24.0 Å². The Labute approximate surface area is 132 Å². The van der Waals surface area contributed by atoms with Gasteiger partial charge in [-0.1, -0.05) is 17.7 Å². The fourth-order valence-corrected chi connectivity index (χ4v) is 2.18. The van der Waals surface area contributed by atoms with Gasteiger partial charge in [-0.2, -0.15) is 0 Å². The number of benzene rings is 1. The molecule has 1 aliphatic rings. The van der Waals surface area contributed by atoms with Crippen molar-refractivity contribution in [1.29, 1.82) is 0 Å². The molecule has 0 saturated carbocycles. The normalized spacial score (nSPS) is 17.3. The standard InChI is InChI=1S/C15H16ClFO5/c16-11-4-1-5-12(17)15(11)22-14(19)7-6-13(18)21-9-10-3-2-8-20-10/h1,4-5,10H,2-3,6-9H2. The first-order valence-corrected chi connectivity index (χ1v) is 7.36. The third-order valence-corrected chi connectivity index (χ3v) is 3.42. The van der Waals surface area contributed by atoms with Crippen LogP contribution in [0.5, 0.6) is 5.75 Å². The molecule has 0 aromatic heterocycles.